The van der Waals surface area contributed by atoms with Crippen LogP contribution in [0.15, 0.2) is 24.3 Å². The molecule has 5 heteroatoms. The van der Waals surface area contributed by atoms with Gasteiger partial charge in [-0.3, -0.25) is 4.68 Å². The molecule has 0 fully saturated rings. The molecule has 0 bridgehead atoms. The first-order valence-electron chi connectivity index (χ1n) is 6.63. The van der Waals surface area contributed by atoms with Crippen molar-refractivity contribution < 1.29 is 4.39 Å². The van der Waals surface area contributed by atoms with Crippen LogP contribution in [0.1, 0.15) is 23.9 Å². The molecule has 1 aromatic carbocycles. The van der Waals surface area contributed by atoms with Crippen LogP contribution >= 0.6 is 11.6 Å². The third-order valence-corrected chi connectivity index (χ3v) is 3.83. The fourth-order valence-electron chi connectivity index (χ4n) is 2.19. The van der Waals surface area contributed by atoms with Crippen molar-refractivity contribution in [3.05, 3.63) is 52.1 Å². The highest BCUT2D eigenvalue weighted by Crippen LogP contribution is 2.19. The van der Waals surface area contributed by atoms with Crippen LogP contribution in [0.25, 0.3) is 0 Å². The van der Waals surface area contributed by atoms with Gasteiger partial charge in [0, 0.05) is 19.6 Å². The zero-order chi connectivity index (χ0) is 14.7. The Morgan fingerprint density at radius 3 is 2.55 bits per heavy atom. The summed E-state index contributed by atoms with van der Waals surface area (Å²) < 4.78 is 14.6. The van der Waals surface area contributed by atoms with Gasteiger partial charge in [-0.15, -0.1) is 0 Å². The molecular weight excluding hydrogens is 277 g/mol. The number of aromatic nitrogens is 2. The van der Waals surface area contributed by atoms with Crippen molar-refractivity contribution in [3.63, 3.8) is 0 Å². The van der Waals surface area contributed by atoms with Crippen LogP contribution in [-0.2, 0) is 20.0 Å². The molecule has 0 spiro atoms. The molecule has 0 amide bonds. The topological polar surface area (TPSA) is 29.9 Å². The average molecular weight is 296 g/mol. The number of aryl methyl sites for hydroxylation is 2. The number of hydrogen-bond donors (Lipinski definition) is 1. The van der Waals surface area contributed by atoms with Gasteiger partial charge in [-0.2, -0.15) is 5.10 Å². The van der Waals surface area contributed by atoms with Gasteiger partial charge < -0.3 is 5.32 Å². The summed E-state index contributed by atoms with van der Waals surface area (Å²) in [5.41, 5.74) is 2.94. The highest BCUT2D eigenvalue weighted by Gasteiger charge is 2.12. The SMILES string of the molecule is Cc1nn(C)c(CNC(C)Cc2ccc(F)cc2)c1Cl. The van der Waals surface area contributed by atoms with E-state index in [0.717, 1.165) is 23.4 Å². The first-order valence-corrected chi connectivity index (χ1v) is 7.01. The van der Waals surface area contributed by atoms with Gasteiger partial charge in [0.25, 0.3) is 0 Å². The number of nitrogens with one attached hydrogen (secondary N) is 1. The Balaban J connectivity index is 1.92. The predicted octanol–water partition coefficient (Wildman–Crippen LogP) is 3.24. The van der Waals surface area contributed by atoms with Gasteiger partial charge in [0.05, 0.1) is 16.4 Å². The second kappa shape index (κ2) is 6.37. The molecule has 20 heavy (non-hydrogen) atoms. The lowest BCUT2D eigenvalue weighted by Gasteiger charge is -2.14. The van der Waals surface area contributed by atoms with E-state index in [1.165, 1.54) is 12.1 Å². The summed E-state index contributed by atoms with van der Waals surface area (Å²) in [7, 11) is 1.89. The Hall–Kier alpha value is -1.39. The highest BCUT2D eigenvalue weighted by molar-refractivity contribution is 6.31. The molecule has 0 aliphatic heterocycles. The van der Waals surface area contributed by atoms with E-state index in [0.29, 0.717) is 11.6 Å². The number of rotatable bonds is 5. The average Bonchev–Trinajstić information content (AvgIpc) is 2.64. The standard InChI is InChI=1S/C15H19ClFN3/c1-10(8-12-4-6-13(17)7-5-12)18-9-14-15(16)11(2)19-20(14)3/h4-7,10,18H,8-9H2,1-3H3. The molecule has 0 radical (unpaired) electrons. The van der Waals surface area contributed by atoms with Crippen LogP contribution in [0, 0.1) is 12.7 Å². The Labute approximate surface area is 123 Å². The molecule has 1 heterocycles. The lowest BCUT2D eigenvalue weighted by atomic mass is 10.1. The van der Waals surface area contributed by atoms with Crippen molar-refractivity contribution >= 4 is 11.6 Å². The van der Waals surface area contributed by atoms with Crippen molar-refractivity contribution in [2.24, 2.45) is 7.05 Å². The van der Waals surface area contributed by atoms with E-state index < -0.39 is 0 Å². The lowest BCUT2D eigenvalue weighted by Crippen LogP contribution is -2.28. The highest BCUT2D eigenvalue weighted by atomic mass is 35.5. The fourth-order valence-corrected chi connectivity index (χ4v) is 2.42. The molecule has 0 aliphatic rings. The molecule has 2 rings (SSSR count). The fraction of sp³-hybridized carbons (Fsp3) is 0.400. The molecule has 0 saturated heterocycles. The molecule has 0 aliphatic carbocycles. The summed E-state index contributed by atoms with van der Waals surface area (Å²) in [6.45, 7) is 4.66. The minimum absolute atomic E-state index is 0.202. The van der Waals surface area contributed by atoms with E-state index in [-0.39, 0.29) is 11.9 Å². The Morgan fingerprint density at radius 1 is 1.35 bits per heavy atom. The quantitative estimate of drug-likeness (QED) is 0.918. The Kier molecular flexibility index (Phi) is 4.78. The van der Waals surface area contributed by atoms with Crippen LogP contribution in [0.4, 0.5) is 4.39 Å². The molecule has 1 unspecified atom stereocenters. The second-order valence-corrected chi connectivity index (χ2v) is 5.46. The van der Waals surface area contributed by atoms with Crippen molar-refractivity contribution in [3.8, 4) is 0 Å². The molecule has 1 N–H and O–H groups in total. The molecule has 0 saturated carbocycles. The number of halogens is 2. The van der Waals surface area contributed by atoms with Crippen molar-refractivity contribution in [2.75, 3.05) is 0 Å². The molecular formula is C15H19ClFN3. The Bertz CT molecular complexity index is 578. The van der Waals surface area contributed by atoms with E-state index in [2.05, 4.69) is 17.3 Å². The van der Waals surface area contributed by atoms with Crippen molar-refractivity contribution in [2.45, 2.75) is 32.9 Å². The lowest BCUT2D eigenvalue weighted by molar-refractivity contribution is 0.525. The minimum atomic E-state index is -0.202. The molecule has 108 valence electrons. The maximum atomic E-state index is 12.8. The summed E-state index contributed by atoms with van der Waals surface area (Å²) in [6.07, 6.45) is 0.842. The van der Waals surface area contributed by atoms with Crippen LogP contribution in [-0.4, -0.2) is 15.8 Å². The number of nitrogens with zero attached hydrogens (tertiary/aromatic N) is 2. The summed E-state index contributed by atoms with van der Waals surface area (Å²) in [5.74, 6) is -0.202. The smallest absolute Gasteiger partial charge is 0.123 e. The summed E-state index contributed by atoms with van der Waals surface area (Å²) in [5, 5.41) is 8.42. The minimum Gasteiger partial charge on any atom is -0.308 e. The zero-order valence-electron chi connectivity index (χ0n) is 12.0. The van der Waals surface area contributed by atoms with Gasteiger partial charge in [0.2, 0.25) is 0 Å². The molecule has 1 aromatic heterocycles. The summed E-state index contributed by atoms with van der Waals surface area (Å²) >= 11 is 6.21. The van der Waals surface area contributed by atoms with E-state index in [9.17, 15) is 4.39 Å². The maximum Gasteiger partial charge on any atom is 0.123 e. The van der Waals surface area contributed by atoms with Gasteiger partial charge in [0.15, 0.2) is 0 Å². The van der Waals surface area contributed by atoms with Crippen molar-refractivity contribution in [1.82, 2.24) is 15.1 Å². The van der Waals surface area contributed by atoms with E-state index in [1.54, 1.807) is 4.68 Å². The van der Waals surface area contributed by atoms with Crippen molar-refractivity contribution in [1.29, 1.82) is 0 Å². The second-order valence-electron chi connectivity index (χ2n) is 5.08. The Morgan fingerprint density at radius 2 is 2.00 bits per heavy atom. The van der Waals surface area contributed by atoms with Gasteiger partial charge in [-0.25, -0.2) is 4.39 Å². The summed E-state index contributed by atoms with van der Waals surface area (Å²) in [6, 6.07) is 6.88. The zero-order valence-corrected chi connectivity index (χ0v) is 12.7. The van der Waals surface area contributed by atoms with E-state index >= 15 is 0 Å². The van der Waals surface area contributed by atoms with Gasteiger partial charge in [0.1, 0.15) is 5.82 Å². The first-order chi connectivity index (χ1) is 9.47. The van der Waals surface area contributed by atoms with Gasteiger partial charge in [-0.1, -0.05) is 23.7 Å². The predicted molar refractivity (Wildman–Crippen MR) is 79.4 cm³/mol. The van der Waals surface area contributed by atoms with Crippen LogP contribution in [0.3, 0.4) is 0 Å². The monoisotopic (exact) mass is 295 g/mol. The molecule has 2 aromatic rings. The third kappa shape index (κ3) is 3.58. The van der Waals surface area contributed by atoms with Gasteiger partial charge in [-0.05, 0) is 38.0 Å². The number of hydrogen-bond acceptors (Lipinski definition) is 2. The first kappa shape index (κ1) is 15.0. The summed E-state index contributed by atoms with van der Waals surface area (Å²) in [4.78, 5) is 0. The van der Waals surface area contributed by atoms with Crippen LogP contribution in [0.2, 0.25) is 5.02 Å². The van der Waals surface area contributed by atoms with E-state index in [1.807, 2.05) is 26.1 Å². The molecule has 1 atom stereocenters. The van der Waals surface area contributed by atoms with E-state index in [4.69, 9.17) is 11.6 Å². The van der Waals surface area contributed by atoms with Gasteiger partial charge >= 0.3 is 0 Å². The molecule has 3 nitrogen and oxygen atoms in total. The maximum absolute atomic E-state index is 12.8. The van der Waals surface area contributed by atoms with Crippen LogP contribution in [0.5, 0.6) is 0 Å². The normalized spacial score (nSPS) is 12.7. The third-order valence-electron chi connectivity index (χ3n) is 3.33. The number of benzene rings is 1. The largest absolute Gasteiger partial charge is 0.308 e. The van der Waals surface area contributed by atoms with Crippen LogP contribution < -0.4 is 5.32 Å².